The van der Waals surface area contributed by atoms with Crippen LogP contribution in [0, 0.1) is 33.1 Å². The molecule has 1 saturated heterocycles. The zero-order valence-corrected chi connectivity index (χ0v) is 19.0. The Morgan fingerprint density at radius 1 is 1.16 bits per heavy atom. The second-order valence-electron chi connectivity index (χ2n) is 7.77. The minimum absolute atomic E-state index is 0.0586. The van der Waals surface area contributed by atoms with Gasteiger partial charge in [-0.3, -0.25) is 9.69 Å². The number of piperazine rings is 1. The predicted molar refractivity (Wildman–Crippen MR) is 117 cm³/mol. The van der Waals surface area contributed by atoms with Crippen molar-refractivity contribution in [2.45, 2.75) is 32.2 Å². The Labute approximate surface area is 183 Å². The fourth-order valence-electron chi connectivity index (χ4n) is 3.69. The van der Waals surface area contributed by atoms with Crippen LogP contribution in [0.15, 0.2) is 33.7 Å². The smallest absolute Gasteiger partial charge is 0.248 e. The number of carbonyl (C=O) groups is 1. The van der Waals surface area contributed by atoms with Crippen LogP contribution in [0.4, 0.5) is 0 Å². The summed E-state index contributed by atoms with van der Waals surface area (Å²) in [4.78, 5) is 16.6. The number of rotatable bonds is 7. The summed E-state index contributed by atoms with van der Waals surface area (Å²) >= 11 is 0. The maximum absolute atomic E-state index is 12.9. The van der Waals surface area contributed by atoms with Crippen LogP contribution in [0.25, 0.3) is 0 Å². The molecule has 31 heavy (non-hydrogen) atoms. The van der Waals surface area contributed by atoms with Crippen LogP contribution in [-0.4, -0.2) is 72.9 Å². The fourth-order valence-corrected chi connectivity index (χ4v) is 5.40. The molecule has 2 heterocycles. The Bertz CT molecular complexity index is 1040. The molecule has 0 unspecified atom stereocenters. The highest BCUT2D eigenvalue weighted by molar-refractivity contribution is 7.89. The number of benzene rings is 1. The van der Waals surface area contributed by atoms with Crippen molar-refractivity contribution in [3.05, 3.63) is 46.8 Å². The zero-order valence-electron chi connectivity index (χ0n) is 18.2. The number of hydrogen-bond acceptors (Lipinski definition) is 6. The summed E-state index contributed by atoms with van der Waals surface area (Å²) < 4.78 is 32.3. The van der Waals surface area contributed by atoms with Gasteiger partial charge in [-0.2, -0.15) is 4.31 Å². The van der Waals surface area contributed by atoms with Gasteiger partial charge in [0.25, 0.3) is 0 Å². The average Bonchev–Trinajstić information content (AvgIpc) is 3.08. The maximum atomic E-state index is 12.9. The van der Waals surface area contributed by atoms with Crippen molar-refractivity contribution >= 4 is 15.9 Å². The van der Waals surface area contributed by atoms with Gasteiger partial charge in [-0.1, -0.05) is 40.9 Å². The predicted octanol–water partition coefficient (Wildman–Crippen LogP) is 1.57. The van der Waals surface area contributed by atoms with E-state index in [0.717, 1.165) is 5.56 Å². The van der Waals surface area contributed by atoms with Crippen LogP contribution in [-0.2, 0) is 21.4 Å². The van der Waals surface area contributed by atoms with Crippen LogP contribution >= 0.6 is 0 Å². The van der Waals surface area contributed by atoms with E-state index in [2.05, 4.69) is 11.1 Å². The molecule has 0 aliphatic carbocycles. The molecule has 1 aromatic heterocycles. The van der Waals surface area contributed by atoms with Crippen molar-refractivity contribution in [3.63, 3.8) is 0 Å². The number of nitrogens with zero attached hydrogens (tertiary/aromatic N) is 4. The summed E-state index contributed by atoms with van der Waals surface area (Å²) in [6, 6.07) is 8.12. The van der Waals surface area contributed by atoms with E-state index < -0.39 is 10.0 Å². The van der Waals surface area contributed by atoms with E-state index in [0.29, 0.717) is 31.9 Å². The molecule has 0 saturated carbocycles. The molecule has 0 radical (unpaired) electrons. The lowest BCUT2D eigenvalue weighted by atomic mass is 10.1. The Balaban J connectivity index is 1.60. The molecule has 3 rings (SSSR count). The number of aryl methyl sites for hydroxylation is 3. The van der Waals surface area contributed by atoms with Gasteiger partial charge in [0.1, 0.15) is 10.6 Å². The quantitative estimate of drug-likeness (QED) is 0.603. The molecule has 1 aliphatic rings. The summed E-state index contributed by atoms with van der Waals surface area (Å²) in [6.07, 6.45) is 5.50. The van der Waals surface area contributed by atoms with E-state index in [1.165, 1.54) is 9.87 Å². The lowest BCUT2D eigenvalue weighted by Crippen LogP contribution is -2.52. The fraction of sp³-hybridized carbons (Fsp3) is 0.455. The minimum Gasteiger partial charge on any atom is -0.360 e. The molecule has 0 bridgehead atoms. The van der Waals surface area contributed by atoms with Crippen molar-refractivity contribution in [2.24, 2.45) is 0 Å². The SMILES string of the molecule is C#CCN(CC(=O)N1CCN(S(=O)(=O)c2c(C)noc2C)CC1)Cc1ccc(C)cc1. The Morgan fingerprint density at radius 2 is 1.81 bits per heavy atom. The largest absolute Gasteiger partial charge is 0.360 e. The third kappa shape index (κ3) is 5.34. The van der Waals surface area contributed by atoms with E-state index in [-0.39, 0.29) is 36.2 Å². The first-order chi connectivity index (χ1) is 14.7. The number of aromatic nitrogens is 1. The minimum atomic E-state index is -3.70. The van der Waals surface area contributed by atoms with Gasteiger partial charge in [0.05, 0.1) is 13.1 Å². The van der Waals surface area contributed by atoms with Crippen LogP contribution in [0.5, 0.6) is 0 Å². The Hall–Kier alpha value is -2.67. The van der Waals surface area contributed by atoms with Crippen molar-refractivity contribution in [1.29, 1.82) is 0 Å². The van der Waals surface area contributed by atoms with Crippen molar-refractivity contribution in [2.75, 3.05) is 39.3 Å². The second kappa shape index (κ2) is 9.64. The number of terminal acetylenes is 1. The molecule has 0 spiro atoms. The van der Waals surface area contributed by atoms with Gasteiger partial charge in [0.2, 0.25) is 15.9 Å². The van der Waals surface area contributed by atoms with E-state index in [1.807, 2.05) is 36.1 Å². The van der Waals surface area contributed by atoms with Gasteiger partial charge in [-0.15, -0.1) is 6.42 Å². The number of hydrogen-bond donors (Lipinski definition) is 0. The first-order valence-corrected chi connectivity index (χ1v) is 11.6. The Kier molecular flexibility index (Phi) is 7.15. The van der Waals surface area contributed by atoms with Gasteiger partial charge in [-0.25, -0.2) is 8.42 Å². The third-order valence-electron chi connectivity index (χ3n) is 5.36. The molecule has 0 N–H and O–H groups in total. The molecule has 2 aromatic rings. The van der Waals surface area contributed by atoms with Gasteiger partial charge < -0.3 is 9.42 Å². The van der Waals surface area contributed by atoms with Gasteiger partial charge in [-0.05, 0) is 26.3 Å². The molecule has 1 fully saturated rings. The number of sulfonamides is 1. The molecule has 1 aromatic carbocycles. The van der Waals surface area contributed by atoms with Crippen LogP contribution in [0.2, 0.25) is 0 Å². The van der Waals surface area contributed by atoms with Gasteiger partial charge in [0.15, 0.2) is 5.76 Å². The highest BCUT2D eigenvalue weighted by Crippen LogP contribution is 2.24. The van der Waals surface area contributed by atoms with Crippen LogP contribution in [0.1, 0.15) is 22.6 Å². The first kappa shape index (κ1) is 23.0. The monoisotopic (exact) mass is 444 g/mol. The summed E-state index contributed by atoms with van der Waals surface area (Å²) in [7, 11) is -3.70. The summed E-state index contributed by atoms with van der Waals surface area (Å²) in [5.41, 5.74) is 2.61. The van der Waals surface area contributed by atoms with E-state index in [1.54, 1.807) is 18.7 Å². The van der Waals surface area contributed by atoms with Gasteiger partial charge >= 0.3 is 0 Å². The van der Waals surface area contributed by atoms with Crippen molar-refractivity contribution in [3.8, 4) is 12.3 Å². The molecule has 1 amide bonds. The molecular weight excluding hydrogens is 416 g/mol. The highest BCUT2D eigenvalue weighted by Gasteiger charge is 2.34. The Morgan fingerprint density at radius 3 is 2.35 bits per heavy atom. The van der Waals surface area contributed by atoms with E-state index in [4.69, 9.17) is 10.9 Å². The lowest BCUT2D eigenvalue weighted by Gasteiger charge is -2.35. The van der Waals surface area contributed by atoms with Crippen LogP contribution < -0.4 is 0 Å². The number of amides is 1. The molecule has 0 atom stereocenters. The topological polar surface area (TPSA) is 87.0 Å². The molecule has 9 heteroatoms. The normalized spacial score (nSPS) is 15.3. The van der Waals surface area contributed by atoms with Crippen molar-refractivity contribution in [1.82, 2.24) is 19.3 Å². The summed E-state index contributed by atoms with van der Waals surface area (Å²) in [5, 5.41) is 3.74. The molecular formula is C22H28N4O4S. The second-order valence-corrected chi connectivity index (χ2v) is 9.65. The van der Waals surface area contributed by atoms with Crippen molar-refractivity contribution < 1.29 is 17.7 Å². The molecule has 1 aliphatic heterocycles. The number of carbonyl (C=O) groups excluding carboxylic acids is 1. The average molecular weight is 445 g/mol. The summed E-state index contributed by atoms with van der Waals surface area (Å²) in [6.45, 7) is 7.46. The third-order valence-corrected chi connectivity index (χ3v) is 7.50. The first-order valence-electron chi connectivity index (χ1n) is 10.1. The van der Waals surface area contributed by atoms with Gasteiger partial charge in [0, 0.05) is 32.7 Å². The van der Waals surface area contributed by atoms with Crippen LogP contribution in [0.3, 0.4) is 0 Å². The van der Waals surface area contributed by atoms with E-state index >= 15 is 0 Å². The standard InChI is InChI=1S/C22H28N4O4S/c1-5-10-24(15-20-8-6-17(2)7-9-20)16-21(27)25-11-13-26(14-12-25)31(28,29)22-18(3)23-30-19(22)4/h1,6-9H,10-16H2,2-4H3. The zero-order chi connectivity index (χ0) is 22.6. The van der Waals surface area contributed by atoms with E-state index in [9.17, 15) is 13.2 Å². The lowest BCUT2D eigenvalue weighted by molar-refractivity contribution is -0.133. The maximum Gasteiger partial charge on any atom is 0.248 e. The molecule has 8 nitrogen and oxygen atoms in total. The highest BCUT2D eigenvalue weighted by atomic mass is 32.2. The summed E-state index contributed by atoms with van der Waals surface area (Å²) in [5.74, 6) is 2.83. The molecule has 166 valence electrons.